The third-order valence-electron chi connectivity index (χ3n) is 1.64. The summed E-state index contributed by atoms with van der Waals surface area (Å²) < 4.78 is 1.17. The highest BCUT2D eigenvalue weighted by molar-refractivity contribution is 14.1. The number of hydrogen-bond donors (Lipinski definition) is 1. The van der Waals surface area contributed by atoms with Gasteiger partial charge >= 0.3 is 0 Å². The van der Waals surface area contributed by atoms with Gasteiger partial charge in [0.1, 0.15) is 0 Å². The summed E-state index contributed by atoms with van der Waals surface area (Å²) in [6, 6.07) is 7.75. The number of carbonyl (C=O) groups excluding carboxylic acids is 1. The van der Waals surface area contributed by atoms with Crippen LogP contribution in [0.3, 0.4) is 0 Å². The van der Waals surface area contributed by atoms with Crippen molar-refractivity contribution in [2.45, 2.75) is 13.8 Å². The summed E-state index contributed by atoms with van der Waals surface area (Å²) in [5.74, 6) is 0.0838. The molecule has 1 rings (SSSR count). The fourth-order valence-corrected chi connectivity index (χ4v) is 1.18. The molecule has 0 atom stereocenters. The van der Waals surface area contributed by atoms with E-state index in [0.717, 1.165) is 5.69 Å². The smallest absolute Gasteiger partial charge is 0.226 e. The molecule has 1 aromatic rings. The van der Waals surface area contributed by atoms with Crippen molar-refractivity contribution < 1.29 is 4.79 Å². The molecule has 0 radical (unpaired) electrons. The van der Waals surface area contributed by atoms with Gasteiger partial charge in [-0.15, -0.1) is 0 Å². The number of halogens is 1. The minimum absolute atomic E-state index is 0.0271. The maximum atomic E-state index is 11.3. The Morgan fingerprint density at radius 2 is 1.85 bits per heavy atom. The standard InChI is InChI=1S/C10H12INO/c1-7(2)10(13)12-9-5-3-8(11)4-6-9/h3-7H,1-2H3,(H,12,13). The van der Waals surface area contributed by atoms with E-state index in [1.54, 1.807) is 0 Å². The fraction of sp³-hybridized carbons (Fsp3) is 0.300. The average Bonchev–Trinajstić information content (AvgIpc) is 2.08. The predicted octanol–water partition coefficient (Wildman–Crippen LogP) is 2.89. The van der Waals surface area contributed by atoms with Gasteiger partial charge in [-0.05, 0) is 46.9 Å². The summed E-state index contributed by atoms with van der Waals surface area (Å²) in [7, 11) is 0. The van der Waals surface area contributed by atoms with Crippen LogP contribution in [-0.4, -0.2) is 5.91 Å². The number of benzene rings is 1. The monoisotopic (exact) mass is 289 g/mol. The lowest BCUT2D eigenvalue weighted by Gasteiger charge is -2.06. The zero-order chi connectivity index (χ0) is 9.84. The maximum absolute atomic E-state index is 11.3. The van der Waals surface area contributed by atoms with Crippen molar-refractivity contribution in [3.8, 4) is 0 Å². The number of amides is 1. The van der Waals surface area contributed by atoms with Crippen LogP contribution in [-0.2, 0) is 4.79 Å². The van der Waals surface area contributed by atoms with Crippen LogP contribution in [0.4, 0.5) is 5.69 Å². The molecule has 0 saturated heterocycles. The number of nitrogens with one attached hydrogen (secondary N) is 1. The van der Waals surface area contributed by atoms with E-state index >= 15 is 0 Å². The Morgan fingerprint density at radius 3 is 2.31 bits per heavy atom. The summed E-state index contributed by atoms with van der Waals surface area (Å²) >= 11 is 2.23. The third-order valence-corrected chi connectivity index (χ3v) is 2.36. The van der Waals surface area contributed by atoms with Gasteiger partial charge in [-0.25, -0.2) is 0 Å². The van der Waals surface area contributed by atoms with Gasteiger partial charge < -0.3 is 5.32 Å². The zero-order valence-electron chi connectivity index (χ0n) is 7.67. The first kappa shape index (κ1) is 10.5. The van der Waals surface area contributed by atoms with E-state index in [1.807, 2.05) is 38.1 Å². The Bertz CT molecular complexity index is 292. The molecule has 0 saturated carbocycles. The highest BCUT2D eigenvalue weighted by Crippen LogP contribution is 2.11. The maximum Gasteiger partial charge on any atom is 0.226 e. The third kappa shape index (κ3) is 3.34. The molecule has 0 spiro atoms. The first-order valence-electron chi connectivity index (χ1n) is 4.16. The Balaban J connectivity index is 2.65. The molecule has 0 unspecified atom stereocenters. The molecule has 13 heavy (non-hydrogen) atoms. The molecule has 70 valence electrons. The Kier molecular flexibility index (Phi) is 3.71. The van der Waals surface area contributed by atoms with Crippen molar-refractivity contribution in [1.82, 2.24) is 0 Å². The number of hydrogen-bond acceptors (Lipinski definition) is 1. The second-order valence-electron chi connectivity index (χ2n) is 3.15. The molecule has 0 aromatic heterocycles. The summed E-state index contributed by atoms with van der Waals surface area (Å²) in [4.78, 5) is 11.3. The predicted molar refractivity (Wildman–Crippen MR) is 62.6 cm³/mol. The second kappa shape index (κ2) is 4.60. The van der Waals surface area contributed by atoms with Crippen LogP contribution < -0.4 is 5.32 Å². The first-order chi connectivity index (χ1) is 6.09. The highest BCUT2D eigenvalue weighted by Gasteiger charge is 2.05. The summed E-state index contributed by atoms with van der Waals surface area (Å²) in [6.45, 7) is 3.75. The molecule has 0 aliphatic heterocycles. The lowest BCUT2D eigenvalue weighted by molar-refractivity contribution is -0.118. The molecule has 2 nitrogen and oxygen atoms in total. The molecular formula is C10H12INO. The largest absolute Gasteiger partial charge is 0.326 e. The van der Waals surface area contributed by atoms with Crippen molar-refractivity contribution in [2.24, 2.45) is 5.92 Å². The molecule has 0 heterocycles. The molecule has 0 aliphatic rings. The van der Waals surface area contributed by atoms with Crippen molar-refractivity contribution in [3.63, 3.8) is 0 Å². The van der Waals surface area contributed by atoms with Gasteiger partial charge in [-0.1, -0.05) is 13.8 Å². The fourth-order valence-electron chi connectivity index (χ4n) is 0.820. The van der Waals surface area contributed by atoms with E-state index in [-0.39, 0.29) is 11.8 Å². The van der Waals surface area contributed by atoms with Crippen LogP contribution in [0.1, 0.15) is 13.8 Å². The lowest BCUT2D eigenvalue weighted by atomic mass is 10.2. The Labute approximate surface area is 91.9 Å². The minimum Gasteiger partial charge on any atom is -0.326 e. The van der Waals surface area contributed by atoms with Gasteiger partial charge in [0.05, 0.1) is 0 Å². The summed E-state index contributed by atoms with van der Waals surface area (Å²) in [5.41, 5.74) is 0.860. The van der Waals surface area contributed by atoms with Gasteiger partial charge in [-0.2, -0.15) is 0 Å². The Hall–Kier alpha value is -0.580. The van der Waals surface area contributed by atoms with Crippen molar-refractivity contribution in [3.05, 3.63) is 27.8 Å². The molecule has 0 aliphatic carbocycles. The average molecular weight is 289 g/mol. The molecule has 3 heteroatoms. The summed E-state index contributed by atoms with van der Waals surface area (Å²) in [5, 5.41) is 2.83. The van der Waals surface area contributed by atoms with Crippen molar-refractivity contribution >= 4 is 34.2 Å². The lowest BCUT2D eigenvalue weighted by Crippen LogP contribution is -2.17. The first-order valence-corrected chi connectivity index (χ1v) is 5.24. The SMILES string of the molecule is CC(C)C(=O)Nc1ccc(I)cc1. The topological polar surface area (TPSA) is 29.1 Å². The normalized spacial score (nSPS) is 10.2. The summed E-state index contributed by atoms with van der Waals surface area (Å²) in [6.07, 6.45) is 0. The van der Waals surface area contributed by atoms with E-state index < -0.39 is 0 Å². The molecule has 0 bridgehead atoms. The number of anilines is 1. The molecular weight excluding hydrogens is 277 g/mol. The zero-order valence-corrected chi connectivity index (χ0v) is 9.83. The van der Waals surface area contributed by atoms with E-state index in [0.29, 0.717) is 0 Å². The van der Waals surface area contributed by atoms with Gasteiger partial charge in [0.25, 0.3) is 0 Å². The second-order valence-corrected chi connectivity index (χ2v) is 4.40. The van der Waals surface area contributed by atoms with Gasteiger partial charge in [0.2, 0.25) is 5.91 Å². The minimum atomic E-state index is 0.0271. The highest BCUT2D eigenvalue weighted by atomic mass is 127. The van der Waals surface area contributed by atoms with Crippen LogP contribution in [0.15, 0.2) is 24.3 Å². The number of rotatable bonds is 2. The molecule has 1 N–H and O–H groups in total. The van der Waals surface area contributed by atoms with Crippen LogP contribution in [0.5, 0.6) is 0 Å². The molecule has 0 fully saturated rings. The Morgan fingerprint density at radius 1 is 1.31 bits per heavy atom. The van der Waals surface area contributed by atoms with Gasteiger partial charge in [-0.3, -0.25) is 4.79 Å². The van der Waals surface area contributed by atoms with Crippen LogP contribution in [0, 0.1) is 9.49 Å². The van der Waals surface area contributed by atoms with Gasteiger partial charge in [0, 0.05) is 15.2 Å². The van der Waals surface area contributed by atoms with E-state index in [9.17, 15) is 4.79 Å². The van der Waals surface area contributed by atoms with Crippen molar-refractivity contribution in [1.29, 1.82) is 0 Å². The molecule has 1 aromatic carbocycles. The number of carbonyl (C=O) groups is 1. The van der Waals surface area contributed by atoms with E-state index in [4.69, 9.17) is 0 Å². The van der Waals surface area contributed by atoms with Crippen LogP contribution >= 0.6 is 22.6 Å². The van der Waals surface area contributed by atoms with Gasteiger partial charge in [0.15, 0.2) is 0 Å². The van der Waals surface area contributed by atoms with Crippen molar-refractivity contribution in [2.75, 3.05) is 5.32 Å². The van der Waals surface area contributed by atoms with Crippen LogP contribution in [0.2, 0.25) is 0 Å². The van der Waals surface area contributed by atoms with E-state index in [2.05, 4.69) is 27.9 Å². The quantitative estimate of drug-likeness (QED) is 0.833. The van der Waals surface area contributed by atoms with Crippen LogP contribution in [0.25, 0.3) is 0 Å². The van der Waals surface area contributed by atoms with E-state index in [1.165, 1.54) is 3.57 Å². The molecule has 1 amide bonds.